The van der Waals surface area contributed by atoms with Gasteiger partial charge in [-0.1, -0.05) is 18.2 Å². The molecule has 2 N–H and O–H groups in total. The predicted molar refractivity (Wildman–Crippen MR) is 80.0 cm³/mol. The average molecular weight is 325 g/mol. The molecular weight excluding hydrogens is 310 g/mol. The maximum atomic E-state index is 12.5. The Balaban J connectivity index is 1.89. The smallest absolute Gasteiger partial charge is 0.242 e. The Labute approximate surface area is 127 Å². The number of fused-ring (bicyclic) bond motifs is 1. The summed E-state index contributed by atoms with van der Waals surface area (Å²) in [4.78, 5) is 1.52. The first-order valence-corrected chi connectivity index (χ1v) is 8.75. The van der Waals surface area contributed by atoms with Gasteiger partial charge in [-0.15, -0.1) is 11.3 Å². The minimum absolute atomic E-state index is 0.156. The van der Waals surface area contributed by atoms with Gasteiger partial charge in [0, 0.05) is 15.3 Å². The van der Waals surface area contributed by atoms with Gasteiger partial charge in [0.05, 0.1) is 17.5 Å². The van der Waals surface area contributed by atoms with Crippen LogP contribution in [0.4, 0.5) is 0 Å². The molecule has 1 aromatic carbocycles. The number of ether oxygens (including phenoxy) is 1. The third-order valence-corrected chi connectivity index (χ3v) is 6.13. The number of hydrogen-bond donors (Lipinski definition) is 2. The van der Waals surface area contributed by atoms with Gasteiger partial charge in [-0.25, -0.2) is 13.1 Å². The summed E-state index contributed by atoms with van der Waals surface area (Å²) < 4.78 is 33.2. The van der Waals surface area contributed by atoms with Crippen LogP contribution < -0.4 is 9.46 Å². The molecule has 3 rings (SSSR count). The van der Waals surface area contributed by atoms with E-state index in [1.807, 2.05) is 24.3 Å². The zero-order chi connectivity index (χ0) is 15.0. The second kappa shape index (κ2) is 5.42. The monoisotopic (exact) mass is 325 g/mol. The highest BCUT2D eigenvalue weighted by Crippen LogP contribution is 2.34. The number of thiophene rings is 1. The minimum atomic E-state index is -3.64. The van der Waals surface area contributed by atoms with Crippen LogP contribution in [0.3, 0.4) is 0 Å². The summed E-state index contributed by atoms with van der Waals surface area (Å²) in [5.74, 6) is 0.711. The van der Waals surface area contributed by atoms with E-state index >= 15 is 0 Å². The zero-order valence-corrected chi connectivity index (χ0v) is 13.0. The number of nitrogens with one attached hydrogen (secondary N) is 1. The van der Waals surface area contributed by atoms with E-state index in [1.165, 1.54) is 17.4 Å². The van der Waals surface area contributed by atoms with Gasteiger partial charge in [0.25, 0.3) is 0 Å². The van der Waals surface area contributed by atoms with Gasteiger partial charge in [-0.3, -0.25) is 0 Å². The molecule has 0 bridgehead atoms. The van der Waals surface area contributed by atoms with Crippen LogP contribution in [0, 0.1) is 6.92 Å². The summed E-state index contributed by atoms with van der Waals surface area (Å²) >= 11 is 1.28. The Kier molecular flexibility index (Phi) is 3.75. The van der Waals surface area contributed by atoms with E-state index in [0.717, 1.165) is 5.56 Å². The molecule has 1 unspecified atom stereocenters. The molecule has 2 heterocycles. The fourth-order valence-corrected chi connectivity index (χ4v) is 5.08. The fourth-order valence-electron chi connectivity index (χ4n) is 2.38. The Bertz CT molecular complexity index is 767. The molecule has 1 aromatic heterocycles. The topological polar surface area (TPSA) is 75.6 Å². The van der Waals surface area contributed by atoms with Crippen LogP contribution in [0.25, 0.3) is 0 Å². The number of rotatable bonds is 4. The van der Waals surface area contributed by atoms with Crippen molar-refractivity contribution in [2.75, 3.05) is 6.61 Å². The van der Waals surface area contributed by atoms with E-state index in [0.29, 0.717) is 15.5 Å². The number of aliphatic hydroxyl groups excluding tert-OH is 1. The van der Waals surface area contributed by atoms with Gasteiger partial charge < -0.3 is 9.84 Å². The molecule has 21 heavy (non-hydrogen) atoms. The normalized spacial score (nSPS) is 17.5. The molecule has 1 aliphatic heterocycles. The molecule has 0 saturated heterocycles. The van der Waals surface area contributed by atoms with Crippen LogP contribution in [0.2, 0.25) is 0 Å². The molecule has 0 saturated carbocycles. The molecule has 0 radical (unpaired) electrons. The van der Waals surface area contributed by atoms with Gasteiger partial charge in [0.2, 0.25) is 10.0 Å². The highest BCUT2D eigenvalue weighted by Gasteiger charge is 2.30. The quantitative estimate of drug-likeness (QED) is 0.901. The van der Waals surface area contributed by atoms with Gasteiger partial charge in [-0.2, -0.15) is 0 Å². The third-order valence-electron chi connectivity index (χ3n) is 3.37. The van der Waals surface area contributed by atoms with Crippen molar-refractivity contribution in [1.29, 1.82) is 0 Å². The first kappa shape index (κ1) is 14.5. The van der Waals surface area contributed by atoms with E-state index < -0.39 is 10.0 Å². The van der Waals surface area contributed by atoms with E-state index in [2.05, 4.69) is 4.72 Å². The molecule has 0 fully saturated rings. The van der Waals surface area contributed by atoms with Gasteiger partial charge >= 0.3 is 0 Å². The minimum Gasteiger partial charge on any atom is -0.491 e. The van der Waals surface area contributed by atoms with Crippen molar-refractivity contribution in [2.45, 2.75) is 24.5 Å². The Hall–Kier alpha value is -1.41. The Morgan fingerprint density at radius 2 is 2.19 bits per heavy atom. The first-order chi connectivity index (χ1) is 10.0. The molecule has 0 spiro atoms. The zero-order valence-electron chi connectivity index (χ0n) is 11.4. The van der Waals surface area contributed by atoms with Crippen LogP contribution in [0.15, 0.2) is 35.2 Å². The van der Waals surface area contributed by atoms with Gasteiger partial charge in [0.1, 0.15) is 12.4 Å². The summed E-state index contributed by atoms with van der Waals surface area (Å²) in [6.07, 6.45) is 0. The number of hydrogen-bond acceptors (Lipinski definition) is 5. The standard InChI is InChI=1S/C14H15NO4S2/c1-9-14(6-10(7-16)20-9)21(17,18)15-12-8-19-13-5-3-2-4-11(12)13/h2-6,12,15-16H,7-8H2,1H3. The van der Waals surface area contributed by atoms with E-state index in [4.69, 9.17) is 9.84 Å². The number of benzene rings is 1. The lowest BCUT2D eigenvalue weighted by atomic mass is 10.1. The molecule has 2 aromatic rings. The molecule has 7 heteroatoms. The fraction of sp³-hybridized carbons (Fsp3) is 0.286. The van der Waals surface area contributed by atoms with Crippen molar-refractivity contribution >= 4 is 21.4 Å². The number of sulfonamides is 1. The van der Waals surface area contributed by atoms with Crippen LogP contribution in [-0.2, 0) is 16.6 Å². The molecule has 1 aliphatic rings. The highest BCUT2D eigenvalue weighted by atomic mass is 32.2. The average Bonchev–Trinajstić information content (AvgIpc) is 3.03. The Morgan fingerprint density at radius 3 is 2.90 bits per heavy atom. The van der Waals surface area contributed by atoms with Crippen LogP contribution in [0.1, 0.15) is 21.4 Å². The van der Waals surface area contributed by atoms with Crippen molar-refractivity contribution in [2.24, 2.45) is 0 Å². The van der Waals surface area contributed by atoms with Crippen molar-refractivity contribution in [1.82, 2.24) is 4.72 Å². The molecular formula is C14H15NO4S2. The lowest BCUT2D eigenvalue weighted by molar-refractivity contribution is 0.285. The van der Waals surface area contributed by atoms with Crippen LogP contribution in [-0.4, -0.2) is 20.1 Å². The second-order valence-corrected chi connectivity index (χ2v) is 7.84. The van der Waals surface area contributed by atoms with E-state index in [9.17, 15) is 8.42 Å². The van der Waals surface area contributed by atoms with E-state index in [1.54, 1.807) is 6.92 Å². The van der Waals surface area contributed by atoms with Crippen molar-refractivity contribution in [3.05, 3.63) is 45.6 Å². The summed E-state index contributed by atoms with van der Waals surface area (Å²) in [6.45, 7) is 1.86. The number of para-hydroxylation sites is 1. The van der Waals surface area contributed by atoms with Crippen molar-refractivity contribution in [3.63, 3.8) is 0 Å². The molecule has 112 valence electrons. The van der Waals surface area contributed by atoms with E-state index in [-0.39, 0.29) is 24.2 Å². The van der Waals surface area contributed by atoms with Crippen LogP contribution >= 0.6 is 11.3 Å². The second-order valence-electron chi connectivity index (χ2n) is 4.81. The maximum absolute atomic E-state index is 12.5. The van der Waals surface area contributed by atoms with Crippen LogP contribution in [0.5, 0.6) is 5.75 Å². The lowest BCUT2D eigenvalue weighted by Gasteiger charge is -2.12. The largest absolute Gasteiger partial charge is 0.491 e. The van der Waals surface area contributed by atoms with Crippen molar-refractivity contribution in [3.8, 4) is 5.75 Å². The molecule has 1 atom stereocenters. The summed E-state index contributed by atoms with van der Waals surface area (Å²) in [5.41, 5.74) is 0.844. The summed E-state index contributed by atoms with van der Waals surface area (Å²) in [6, 6.07) is 8.52. The Morgan fingerprint density at radius 1 is 1.43 bits per heavy atom. The molecule has 0 amide bonds. The summed E-state index contributed by atoms with van der Waals surface area (Å²) in [5, 5.41) is 9.13. The van der Waals surface area contributed by atoms with Gasteiger partial charge in [-0.05, 0) is 19.1 Å². The van der Waals surface area contributed by atoms with Gasteiger partial charge in [0.15, 0.2) is 0 Å². The maximum Gasteiger partial charge on any atom is 0.242 e. The third kappa shape index (κ3) is 2.69. The number of aryl methyl sites for hydroxylation is 1. The van der Waals surface area contributed by atoms with Crippen molar-refractivity contribution < 1.29 is 18.3 Å². The highest BCUT2D eigenvalue weighted by molar-refractivity contribution is 7.89. The molecule has 5 nitrogen and oxygen atoms in total. The summed E-state index contributed by atoms with van der Waals surface area (Å²) in [7, 11) is -3.64. The lowest BCUT2D eigenvalue weighted by Crippen LogP contribution is -2.29. The first-order valence-electron chi connectivity index (χ1n) is 6.45. The predicted octanol–water partition coefficient (Wildman–Crippen LogP) is 1.96. The molecule has 0 aliphatic carbocycles. The SMILES string of the molecule is Cc1sc(CO)cc1S(=O)(=O)NC1COc2ccccc21. The number of aliphatic hydroxyl groups is 1.